The fourth-order valence-corrected chi connectivity index (χ4v) is 1.82. The summed E-state index contributed by atoms with van der Waals surface area (Å²) in [4.78, 5) is 4.20. The van der Waals surface area contributed by atoms with Crippen molar-refractivity contribution in [1.82, 2.24) is 4.98 Å². The third-order valence-electron chi connectivity index (χ3n) is 3.73. The van der Waals surface area contributed by atoms with Crippen LogP contribution in [0.3, 0.4) is 0 Å². The van der Waals surface area contributed by atoms with Crippen molar-refractivity contribution in [3.63, 3.8) is 0 Å². The number of hydrogen-bond acceptors (Lipinski definition) is 5. The highest BCUT2D eigenvalue weighted by Gasteiger charge is 2.52. The Kier molecular flexibility index (Phi) is 2.13. The fraction of sp³-hybridized carbons (Fsp3) is 0.643. The minimum absolute atomic E-state index is 0.113. The lowest BCUT2D eigenvalue weighted by Crippen LogP contribution is -2.41. The summed E-state index contributed by atoms with van der Waals surface area (Å²) in [5.74, 6) is -0.113. The summed E-state index contributed by atoms with van der Waals surface area (Å²) in [7, 11) is -0.749. The summed E-state index contributed by atoms with van der Waals surface area (Å²) >= 11 is 0. The van der Waals surface area contributed by atoms with Gasteiger partial charge in [-0.15, -0.1) is 0 Å². The summed E-state index contributed by atoms with van der Waals surface area (Å²) in [6.45, 7) is 2.42. The molecule has 6 heteroatoms. The van der Waals surface area contributed by atoms with Crippen LogP contribution < -0.4 is 10.3 Å². The van der Waals surface area contributed by atoms with Crippen molar-refractivity contribution in [1.29, 1.82) is 0 Å². The normalized spacial score (nSPS) is 34.8. The zero-order chi connectivity index (χ0) is 18.9. The van der Waals surface area contributed by atoms with Crippen molar-refractivity contribution >= 4 is 12.7 Å². The summed E-state index contributed by atoms with van der Waals surface area (Å²) in [5.41, 5.74) is -0.714. The Balaban J connectivity index is 1.84. The Labute approximate surface area is 126 Å². The first kappa shape index (κ1) is 9.02. The molecule has 3 rings (SSSR count). The highest BCUT2D eigenvalue weighted by molar-refractivity contribution is 6.61. The van der Waals surface area contributed by atoms with Gasteiger partial charge in [-0.1, -0.05) is 6.07 Å². The second kappa shape index (κ2) is 4.72. The van der Waals surface area contributed by atoms with Crippen molar-refractivity contribution in [2.45, 2.75) is 45.0 Å². The van der Waals surface area contributed by atoms with Gasteiger partial charge < -0.3 is 18.8 Å². The Morgan fingerprint density at radius 3 is 2.55 bits per heavy atom. The van der Waals surface area contributed by atoms with Crippen LogP contribution in [0.5, 0.6) is 5.88 Å². The molecule has 20 heavy (non-hydrogen) atoms. The highest BCUT2D eigenvalue weighted by atomic mass is 16.7. The summed E-state index contributed by atoms with van der Waals surface area (Å²) < 4.78 is 59.8. The maximum atomic E-state index is 8.01. The van der Waals surface area contributed by atoms with Gasteiger partial charge in [0.15, 0.2) is 0 Å². The van der Waals surface area contributed by atoms with E-state index in [1.807, 2.05) is 27.7 Å². The van der Waals surface area contributed by atoms with E-state index < -0.39 is 37.5 Å². The largest absolute Gasteiger partial charge is 0.514 e. The van der Waals surface area contributed by atoms with Crippen LogP contribution in [-0.4, -0.2) is 42.5 Å². The predicted molar refractivity (Wildman–Crippen MR) is 75.2 cm³/mol. The first-order valence-corrected chi connectivity index (χ1v) is 6.43. The molecular weight excluding hydrogens is 257 g/mol. The number of ether oxygens (including phenoxy) is 2. The van der Waals surface area contributed by atoms with Crippen LogP contribution in [0, 0.1) is 0 Å². The Bertz CT molecular complexity index is 670. The molecule has 0 atom stereocenters. The molecule has 5 nitrogen and oxygen atoms in total. The van der Waals surface area contributed by atoms with E-state index in [0.29, 0.717) is 5.59 Å². The quantitative estimate of drug-likeness (QED) is 0.779. The van der Waals surface area contributed by atoms with E-state index in [-0.39, 0.29) is 5.88 Å². The molecule has 2 aliphatic heterocycles. The Morgan fingerprint density at radius 2 is 1.95 bits per heavy atom. The Morgan fingerprint density at radius 1 is 1.30 bits per heavy atom. The topological polar surface area (TPSA) is 49.8 Å². The van der Waals surface area contributed by atoms with Gasteiger partial charge in [-0.3, -0.25) is 0 Å². The van der Waals surface area contributed by atoms with Crippen LogP contribution in [0.1, 0.15) is 34.5 Å². The molecule has 1 aromatic heterocycles. The van der Waals surface area contributed by atoms with E-state index in [2.05, 4.69) is 9.72 Å². The van der Waals surface area contributed by atoms with Gasteiger partial charge in [0.05, 0.1) is 36.8 Å². The molecule has 0 radical (unpaired) electrons. The minimum atomic E-state index is -2.60. The molecule has 108 valence electrons. The average molecular weight is 282 g/mol. The molecule has 0 aliphatic carbocycles. The molecular formula is C14H20BNO4. The van der Waals surface area contributed by atoms with Crippen molar-refractivity contribution < 1.29 is 25.6 Å². The van der Waals surface area contributed by atoms with Gasteiger partial charge in [-0.25, -0.2) is 4.98 Å². The first-order chi connectivity index (χ1) is 11.2. The molecule has 1 aromatic rings. The minimum Gasteiger partial charge on any atom is -0.469 e. The lowest BCUT2D eigenvalue weighted by atomic mass is 9.84. The van der Waals surface area contributed by atoms with Gasteiger partial charge in [0.2, 0.25) is 5.88 Å². The van der Waals surface area contributed by atoms with Crippen molar-refractivity contribution in [3.8, 4) is 5.88 Å². The first-order valence-electron chi connectivity index (χ1n) is 8.93. The SMILES string of the molecule is [2H]C1([2H])OC([2H])([2H])C1([2H])Oc1cccc(B2OC(C)(C)C(C)(C)O2)n1. The van der Waals surface area contributed by atoms with Gasteiger partial charge in [-0.2, -0.15) is 0 Å². The number of nitrogens with zero attached hydrogens (tertiary/aromatic N) is 1. The third-order valence-corrected chi connectivity index (χ3v) is 3.73. The lowest BCUT2D eigenvalue weighted by molar-refractivity contribution is -0.0812. The zero-order valence-corrected chi connectivity index (χ0v) is 11.9. The predicted octanol–water partition coefficient (Wildman–Crippen LogP) is 1.16. The van der Waals surface area contributed by atoms with Gasteiger partial charge >= 0.3 is 7.12 Å². The number of pyridine rings is 1. The second-order valence-electron chi connectivity index (χ2n) is 5.73. The second-order valence-corrected chi connectivity index (χ2v) is 5.73. The molecule has 0 saturated carbocycles. The smallest absolute Gasteiger partial charge is 0.469 e. The third kappa shape index (κ3) is 2.43. The fourth-order valence-electron chi connectivity index (χ4n) is 1.82. The van der Waals surface area contributed by atoms with Crippen LogP contribution in [0.25, 0.3) is 0 Å². The maximum Gasteiger partial charge on any atom is 0.514 e. The molecule has 0 N–H and O–H groups in total. The monoisotopic (exact) mass is 282 g/mol. The van der Waals surface area contributed by atoms with Crippen molar-refractivity contribution in [2.24, 2.45) is 0 Å². The van der Waals surface area contributed by atoms with E-state index >= 15 is 0 Å². The summed E-state index contributed by atoms with van der Waals surface area (Å²) in [6.07, 6.45) is -2.57. The standard InChI is InChI=1S/C14H20BNO4/c1-13(2)14(3,4)20-15(19-13)11-6-5-7-12(16-11)18-10-8-17-9-10/h5-7,10H,8-9H2,1-4H3/i8D2,9D2,10D. The van der Waals surface area contributed by atoms with Gasteiger partial charge in [0.1, 0.15) is 6.08 Å². The molecule has 2 fully saturated rings. The molecule has 2 saturated heterocycles. The van der Waals surface area contributed by atoms with Crippen LogP contribution in [0.15, 0.2) is 18.2 Å². The molecule has 2 aliphatic rings. The van der Waals surface area contributed by atoms with E-state index in [1.165, 1.54) is 6.07 Å². The number of rotatable bonds is 3. The number of hydrogen-bond donors (Lipinski definition) is 0. The van der Waals surface area contributed by atoms with E-state index in [9.17, 15) is 0 Å². The zero-order valence-electron chi connectivity index (χ0n) is 16.9. The van der Waals surface area contributed by atoms with Crippen molar-refractivity contribution in [2.75, 3.05) is 13.1 Å². The summed E-state index contributed by atoms with van der Waals surface area (Å²) in [5, 5.41) is 0. The number of aromatic nitrogens is 1. The van der Waals surface area contributed by atoms with E-state index in [1.54, 1.807) is 12.1 Å². The van der Waals surface area contributed by atoms with Gasteiger partial charge in [0.25, 0.3) is 0 Å². The lowest BCUT2D eigenvalue weighted by Gasteiger charge is -2.32. The van der Waals surface area contributed by atoms with E-state index in [0.717, 1.165) is 0 Å². The maximum absolute atomic E-state index is 8.01. The average Bonchev–Trinajstić information content (AvgIpc) is 2.66. The molecule has 0 aromatic carbocycles. The summed E-state index contributed by atoms with van der Waals surface area (Å²) in [6, 6.07) is 4.67. The van der Waals surface area contributed by atoms with Crippen LogP contribution >= 0.6 is 0 Å². The van der Waals surface area contributed by atoms with Crippen LogP contribution in [-0.2, 0) is 14.0 Å². The highest BCUT2D eigenvalue weighted by Crippen LogP contribution is 2.36. The van der Waals surface area contributed by atoms with Crippen molar-refractivity contribution in [3.05, 3.63) is 18.2 Å². The van der Waals surface area contributed by atoms with Gasteiger partial charge in [0, 0.05) is 6.07 Å². The Hall–Kier alpha value is -1.11. The van der Waals surface area contributed by atoms with Crippen LogP contribution in [0.2, 0.25) is 0 Å². The molecule has 3 heterocycles. The molecule has 0 unspecified atom stereocenters. The molecule has 0 amide bonds. The molecule has 0 spiro atoms. The van der Waals surface area contributed by atoms with E-state index in [4.69, 9.17) is 20.9 Å². The van der Waals surface area contributed by atoms with Crippen LogP contribution in [0.4, 0.5) is 0 Å². The molecule has 0 bridgehead atoms. The van der Waals surface area contributed by atoms with Gasteiger partial charge in [-0.05, 0) is 33.8 Å².